The number of fused-ring (bicyclic) bond motifs is 1. The van der Waals surface area contributed by atoms with Gasteiger partial charge in [0.1, 0.15) is 10.7 Å². The van der Waals surface area contributed by atoms with E-state index in [4.69, 9.17) is 17.5 Å². The lowest BCUT2D eigenvalue weighted by Gasteiger charge is -2.02. The zero-order valence-corrected chi connectivity index (χ0v) is 9.19. The molecule has 74 valence electrons. The Morgan fingerprint density at radius 2 is 2.20 bits per heavy atom. The van der Waals surface area contributed by atoms with Crippen LogP contribution in [0.2, 0.25) is 0 Å². The lowest BCUT2D eigenvalue weighted by molar-refractivity contribution is 1.14. The van der Waals surface area contributed by atoms with E-state index in [9.17, 15) is 0 Å². The molecule has 0 bridgehead atoms. The average molecular weight is 214 g/mol. The zero-order chi connectivity index (χ0) is 10.8. The van der Waals surface area contributed by atoms with E-state index in [2.05, 4.69) is 30.1 Å². The number of rotatable bonds is 1. The molecule has 0 unspecified atom stereocenters. The van der Waals surface area contributed by atoms with Gasteiger partial charge < -0.3 is 4.98 Å². The minimum absolute atomic E-state index is 0.509. The van der Waals surface area contributed by atoms with E-state index in [0.717, 1.165) is 17.3 Å². The van der Waals surface area contributed by atoms with E-state index >= 15 is 0 Å². The molecule has 1 aromatic heterocycles. The van der Waals surface area contributed by atoms with Crippen molar-refractivity contribution >= 4 is 23.1 Å². The van der Waals surface area contributed by atoms with E-state index in [-0.39, 0.29) is 0 Å². The smallest absolute Gasteiger partial charge is 0.121 e. The number of nitrogens with zero attached hydrogens (tertiary/aromatic N) is 1. The van der Waals surface area contributed by atoms with Crippen molar-refractivity contribution in [2.75, 3.05) is 0 Å². The van der Waals surface area contributed by atoms with Crippen LogP contribution in [0.3, 0.4) is 0 Å². The first-order chi connectivity index (χ1) is 7.24. The molecular formula is C12H10N2S. The summed E-state index contributed by atoms with van der Waals surface area (Å²) in [5.41, 5.74) is 2.78. The summed E-state index contributed by atoms with van der Waals surface area (Å²) in [5.74, 6) is 0. The quantitative estimate of drug-likeness (QED) is 0.739. The molecular weight excluding hydrogens is 204 g/mol. The summed E-state index contributed by atoms with van der Waals surface area (Å²) in [6.07, 6.45) is 0.994. The maximum atomic E-state index is 8.87. The van der Waals surface area contributed by atoms with E-state index < -0.39 is 0 Å². The van der Waals surface area contributed by atoms with Gasteiger partial charge in [0.2, 0.25) is 0 Å². The summed E-state index contributed by atoms with van der Waals surface area (Å²) in [6, 6.07) is 10.1. The highest BCUT2D eigenvalue weighted by atomic mass is 32.1. The van der Waals surface area contributed by atoms with E-state index in [1.807, 2.05) is 12.1 Å². The van der Waals surface area contributed by atoms with Crippen molar-refractivity contribution in [2.45, 2.75) is 13.3 Å². The van der Waals surface area contributed by atoms with Crippen LogP contribution in [0.25, 0.3) is 10.9 Å². The third-order valence-corrected chi connectivity index (χ3v) is 2.76. The molecule has 0 atom stereocenters. The van der Waals surface area contributed by atoms with Crippen molar-refractivity contribution in [3.05, 3.63) is 40.0 Å². The standard InChI is InChI=1S/C12H10N2S/c1-2-8-3-4-11-9(5-8)6-10(7-13)12(15)14-11/h3-6H,2H2,1H3,(H,14,15). The maximum absolute atomic E-state index is 8.87. The third-order valence-electron chi connectivity index (χ3n) is 2.44. The second kappa shape index (κ2) is 3.84. The van der Waals surface area contributed by atoms with Gasteiger partial charge in [0.05, 0.1) is 5.56 Å². The molecule has 15 heavy (non-hydrogen) atoms. The van der Waals surface area contributed by atoms with Crippen molar-refractivity contribution in [1.82, 2.24) is 4.98 Å². The molecule has 2 rings (SSSR count). The normalized spacial score (nSPS) is 10.1. The number of aryl methyl sites for hydroxylation is 1. The Morgan fingerprint density at radius 1 is 1.40 bits per heavy atom. The predicted octanol–water partition coefficient (Wildman–Crippen LogP) is 3.33. The Labute approximate surface area is 93.2 Å². The van der Waals surface area contributed by atoms with Gasteiger partial charge in [0.25, 0.3) is 0 Å². The Morgan fingerprint density at radius 3 is 2.87 bits per heavy atom. The van der Waals surface area contributed by atoms with E-state index in [0.29, 0.717) is 10.2 Å². The van der Waals surface area contributed by atoms with Crippen LogP contribution < -0.4 is 0 Å². The van der Waals surface area contributed by atoms with Gasteiger partial charge >= 0.3 is 0 Å². The van der Waals surface area contributed by atoms with Gasteiger partial charge in [-0.3, -0.25) is 0 Å². The topological polar surface area (TPSA) is 39.6 Å². The number of benzene rings is 1. The first-order valence-electron chi connectivity index (χ1n) is 4.80. The van der Waals surface area contributed by atoms with Crippen molar-refractivity contribution in [2.24, 2.45) is 0 Å². The molecule has 0 aliphatic rings. The highest BCUT2D eigenvalue weighted by Crippen LogP contribution is 2.16. The van der Waals surface area contributed by atoms with Crippen LogP contribution in [0, 0.1) is 16.0 Å². The molecule has 2 aromatic rings. The molecule has 1 N–H and O–H groups in total. The number of hydrogen-bond acceptors (Lipinski definition) is 2. The Balaban J connectivity index is 2.78. The van der Waals surface area contributed by atoms with Crippen molar-refractivity contribution in [1.29, 1.82) is 5.26 Å². The molecule has 1 heterocycles. The molecule has 0 aliphatic carbocycles. The van der Waals surface area contributed by atoms with Crippen LogP contribution in [0.5, 0.6) is 0 Å². The molecule has 0 saturated carbocycles. The molecule has 3 heteroatoms. The van der Waals surface area contributed by atoms with E-state index in [1.165, 1.54) is 5.56 Å². The number of hydrogen-bond donors (Lipinski definition) is 1. The number of aromatic amines is 1. The van der Waals surface area contributed by atoms with Crippen LogP contribution in [-0.4, -0.2) is 4.98 Å². The number of pyridine rings is 1. The molecule has 1 aromatic carbocycles. The summed E-state index contributed by atoms with van der Waals surface area (Å²) in [6.45, 7) is 2.11. The van der Waals surface area contributed by atoms with Crippen molar-refractivity contribution in [3.8, 4) is 6.07 Å². The second-order valence-corrected chi connectivity index (χ2v) is 3.81. The molecule has 0 spiro atoms. The average Bonchev–Trinajstić information content (AvgIpc) is 2.27. The Kier molecular flexibility index (Phi) is 2.53. The molecule has 0 aliphatic heterocycles. The first kappa shape index (κ1) is 9.88. The summed E-state index contributed by atoms with van der Waals surface area (Å²) in [5, 5.41) is 9.91. The number of nitriles is 1. The number of H-pyrrole nitrogens is 1. The molecule has 0 radical (unpaired) electrons. The SMILES string of the molecule is CCc1ccc2[nH]c(=S)c(C#N)cc2c1. The van der Waals surface area contributed by atoms with Gasteiger partial charge in [-0.2, -0.15) is 5.26 Å². The Hall–Kier alpha value is -1.66. The van der Waals surface area contributed by atoms with Gasteiger partial charge in [-0.15, -0.1) is 0 Å². The molecule has 0 saturated heterocycles. The fourth-order valence-electron chi connectivity index (χ4n) is 1.56. The first-order valence-corrected chi connectivity index (χ1v) is 5.21. The van der Waals surface area contributed by atoms with Gasteiger partial charge in [-0.1, -0.05) is 25.2 Å². The van der Waals surface area contributed by atoms with Gasteiger partial charge in [0.15, 0.2) is 0 Å². The third kappa shape index (κ3) is 1.77. The fourth-order valence-corrected chi connectivity index (χ4v) is 1.77. The number of aromatic nitrogens is 1. The lowest BCUT2D eigenvalue weighted by atomic mass is 10.1. The highest BCUT2D eigenvalue weighted by molar-refractivity contribution is 7.71. The van der Waals surface area contributed by atoms with Crippen LogP contribution in [0.1, 0.15) is 18.1 Å². The van der Waals surface area contributed by atoms with E-state index in [1.54, 1.807) is 0 Å². The van der Waals surface area contributed by atoms with Crippen molar-refractivity contribution < 1.29 is 0 Å². The minimum atomic E-state index is 0.509. The highest BCUT2D eigenvalue weighted by Gasteiger charge is 1.99. The molecule has 0 fully saturated rings. The largest absolute Gasteiger partial charge is 0.345 e. The van der Waals surface area contributed by atoms with Crippen LogP contribution >= 0.6 is 12.2 Å². The zero-order valence-electron chi connectivity index (χ0n) is 8.37. The van der Waals surface area contributed by atoms with Gasteiger partial charge in [-0.05, 0) is 35.6 Å². The minimum Gasteiger partial charge on any atom is -0.345 e. The van der Waals surface area contributed by atoms with Crippen LogP contribution in [0.15, 0.2) is 24.3 Å². The molecule has 2 nitrogen and oxygen atoms in total. The summed E-state index contributed by atoms with van der Waals surface area (Å²) >= 11 is 5.06. The van der Waals surface area contributed by atoms with Crippen LogP contribution in [-0.2, 0) is 6.42 Å². The number of nitrogens with one attached hydrogen (secondary N) is 1. The molecule has 0 amide bonds. The van der Waals surface area contributed by atoms with Gasteiger partial charge in [0, 0.05) is 5.52 Å². The summed E-state index contributed by atoms with van der Waals surface area (Å²) in [7, 11) is 0. The predicted molar refractivity (Wildman–Crippen MR) is 63.2 cm³/mol. The second-order valence-electron chi connectivity index (χ2n) is 3.40. The van der Waals surface area contributed by atoms with Crippen molar-refractivity contribution in [3.63, 3.8) is 0 Å². The van der Waals surface area contributed by atoms with Crippen LogP contribution in [0.4, 0.5) is 0 Å². The monoisotopic (exact) mass is 214 g/mol. The summed E-state index contributed by atoms with van der Waals surface area (Å²) < 4.78 is 0.509. The van der Waals surface area contributed by atoms with Gasteiger partial charge in [-0.25, -0.2) is 0 Å². The maximum Gasteiger partial charge on any atom is 0.121 e. The Bertz CT molecular complexity index is 605. The lowest BCUT2D eigenvalue weighted by Crippen LogP contribution is -1.87. The fraction of sp³-hybridized carbons (Fsp3) is 0.167. The summed E-state index contributed by atoms with van der Waals surface area (Å²) in [4.78, 5) is 3.05.